The molecular weight excluding hydrogens is 261 g/mol. The van der Waals surface area contributed by atoms with Crippen LogP contribution in [0.25, 0.3) is 10.9 Å². The standard InChI is InChI=1S/C11H9BrFNO/c1-6(15)11-10(12)8-4-3-7(13)5-9(8)14(11)2/h3-5H,1-2H3. The van der Waals surface area contributed by atoms with Crippen LogP contribution in [0.2, 0.25) is 0 Å². The van der Waals surface area contributed by atoms with Gasteiger partial charge in [-0.15, -0.1) is 0 Å². The van der Waals surface area contributed by atoms with E-state index >= 15 is 0 Å². The maximum Gasteiger partial charge on any atom is 0.177 e. The number of hydrogen-bond acceptors (Lipinski definition) is 1. The Labute approximate surface area is 94.8 Å². The molecule has 0 aliphatic rings. The maximum absolute atomic E-state index is 13.0. The number of ketones is 1. The van der Waals surface area contributed by atoms with Gasteiger partial charge >= 0.3 is 0 Å². The summed E-state index contributed by atoms with van der Waals surface area (Å²) >= 11 is 3.36. The summed E-state index contributed by atoms with van der Waals surface area (Å²) in [6.07, 6.45) is 0. The van der Waals surface area contributed by atoms with Gasteiger partial charge in [-0.05, 0) is 34.1 Å². The van der Waals surface area contributed by atoms with Crippen molar-refractivity contribution in [3.63, 3.8) is 0 Å². The lowest BCUT2D eigenvalue weighted by atomic mass is 10.2. The van der Waals surface area contributed by atoms with E-state index in [1.54, 1.807) is 17.7 Å². The van der Waals surface area contributed by atoms with Gasteiger partial charge in [0, 0.05) is 19.4 Å². The van der Waals surface area contributed by atoms with Gasteiger partial charge in [-0.1, -0.05) is 0 Å². The second-order valence-electron chi connectivity index (χ2n) is 3.44. The van der Waals surface area contributed by atoms with Gasteiger partial charge in [0.2, 0.25) is 0 Å². The molecule has 0 saturated carbocycles. The molecule has 1 aromatic heterocycles. The molecule has 0 aliphatic heterocycles. The summed E-state index contributed by atoms with van der Waals surface area (Å²) in [6, 6.07) is 4.48. The first-order chi connectivity index (χ1) is 7.02. The summed E-state index contributed by atoms with van der Waals surface area (Å²) in [4.78, 5) is 11.4. The van der Waals surface area contributed by atoms with Gasteiger partial charge in [-0.2, -0.15) is 0 Å². The molecule has 0 atom stereocenters. The molecule has 0 unspecified atom stereocenters. The van der Waals surface area contributed by atoms with Crippen LogP contribution in [0.15, 0.2) is 22.7 Å². The molecule has 2 rings (SSSR count). The fraction of sp³-hybridized carbons (Fsp3) is 0.182. The first-order valence-corrected chi connectivity index (χ1v) is 5.26. The van der Waals surface area contributed by atoms with Gasteiger partial charge in [0.05, 0.1) is 15.7 Å². The van der Waals surface area contributed by atoms with Gasteiger partial charge in [0.15, 0.2) is 5.78 Å². The van der Waals surface area contributed by atoms with Crippen molar-refractivity contribution in [2.24, 2.45) is 7.05 Å². The van der Waals surface area contributed by atoms with E-state index in [1.165, 1.54) is 19.1 Å². The van der Waals surface area contributed by atoms with E-state index in [-0.39, 0.29) is 11.6 Å². The predicted molar refractivity (Wildman–Crippen MR) is 60.6 cm³/mol. The minimum atomic E-state index is -0.300. The van der Waals surface area contributed by atoms with Crippen LogP contribution in [0.1, 0.15) is 17.4 Å². The van der Waals surface area contributed by atoms with Crippen molar-refractivity contribution in [2.75, 3.05) is 0 Å². The average molecular weight is 270 g/mol. The Bertz CT molecular complexity index is 559. The molecule has 0 spiro atoms. The van der Waals surface area contributed by atoms with Crippen molar-refractivity contribution in [2.45, 2.75) is 6.92 Å². The van der Waals surface area contributed by atoms with E-state index in [2.05, 4.69) is 15.9 Å². The minimum Gasteiger partial charge on any atom is -0.340 e. The van der Waals surface area contributed by atoms with E-state index in [9.17, 15) is 9.18 Å². The molecular formula is C11H9BrFNO. The topological polar surface area (TPSA) is 22.0 Å². The Hall–Kier alpha value is -1.16. The predicted octanol–water partition coefficient (Wildman–Crippen LogP) is 3.28. The Morgan fingerprint density at radius 2 is 2.13 bits per heavy atom. The van der Waals surface area contributed by atoms with Crippen LogP contribution in [0.5, 0.6) is 0 Å². The van der Waals surface area contributed by atoms with E-state index < -0.39 is 0 Å². The van der Waals surface area contributed by atoms with Crippen LogP contribution in [0.4, 0.5) is 4.39 Å². The second-order valence-corrected chi connectivity index (χ2v) is 4.23. The van der Waals surface area contributed by atoms with E-state index in [0.717, 1.165) is 9.86 Å². The molecule has 78 valence electrons. The van der Waals surface area contributed by atoms with Crippen LogP contribution >= 0.6 is 15.9 Å². The molecule has 0 N–H and O–H groups in total. The average Bonchev–Trinajstić information content (AvgIpc) is 2.39. The lowest BCUT2D eigenvalue weighted by Crippen LogP contribution is -2.01. The summed E-state index contributed by atoms with van der Waals surface area (Å²) in [6.45, 7) is 1.50. The van der Waals surface area contributed by atoms with Gasteiger partial charge in [-0.25, -0.2) is 4.39 Å². The molecule has 2 nitrogen and oxygen atoms in total. The lowest BCUT2D eigenvalue weighted by molar-refractivity contribution is 0.101. The Morgan fingerprint density at radius 3 is 2.73 bits per heavy atom. The molecule has 0 saturated heterocycles. The number of fused-ring (bicyclic) bond motifs is 1. The number of nitrogens with zero attached hydrogens (tertiary/aromatic N) is 1. The van der Waals surface area contributed by atoms with Crippen LogP contribution < -0.4 is 0 Å². The molecule has 0 amide bonds. The molecule has 1 heterocycles. The van der Waals surface area contributed by atoms with Crippen LogP contribution in [0, 0.1) is 5.82 Å². The number of carbonyl (C=O) groups excluding carboxylic acids is 1. The Kier molecular flexibility index (Phi) is 2.38. The zero-order valence-electron chi connectivity index (χ0n) is 8.34. The molecule has 0 bridgehead atoms. The quantitative estimate of drug-likeness (QED) is 0.729. The highest BCUT2D eigenvalue weighted by Crippen LogP contribution is 2.30. The summed E-state index contributed by atoms with van der Waals surface area (Å²) in [5, 5.41) is 0.851. The molecule has 1 aromatic carbocycles. The highest BCUT2D eigenvalue weighted by molar-refractivity contribution is 9.10. The SMILES string of the molecule is CC(=O)c1c(Br)c2ccc(F)cc2n1C. The highest BCUT2D eigenvalue weighted by atomic mass is 79.9. The second kappa shape index (κ2) is 3.45. The van der Waals surface area contributed by atoms with Gasteiger partial charge in [-0.3, -0.25) is 4.79 Å². The number of benzene rings is 1. The molecule has 0 fully saturated rings. The lowest BCUT2D eigenvalue weighted by Gasteiger charge is -1.99. The third kappa shape index (κ3) is 1.49. The van der Waals surface area contributed by atoms with E-state index in [4.69, 9.17) is 0 Å². The summed E-state index contributed by atoms with van der Waals surface area (Å²) < 4.78 is 15.5. The van der Waals surface area contributed by atoms with Gasteiger partial charge in [0.1, 0.15) is 5.82 Å². The zero-order chi connectivity index (χ0) is 11.2. The highest BCUT2D eigenvalue weighted by Gasteiger charge is 2.16. The number of carbonyl (C=O) groups is 1. The molecule has 0 radical (unpaired) electrons. The monoisotopic (exact) mass is 269 g/mol. The Balaban J connectivity index is 2.91. The first-order valence-electron chi connectivity index (χ1n) is 4.46. The van der Waals surface area contributed by atoms with Crippen molar-refractivity contribution < 1.29 is 9.18 Å². The number of halogens is 2. The van der Waals surface area contributed by atoms with E-state index in [1.807, 2.05) is 0 Å². The largest absolute Gasteiger partial charge is 0.340 e. The summed E-state index contributed by atoms with van der Waals surface area (Å²) in [7, 11) is 1.75. The summed E-state index contributed by atoms with van der Waals surface area (Å²) in [5.74, 6) is -0.341. The van der Waals surface area contributed by atoms with Gasteiger partial charge < -0.3 is 4.57 Å². The number of aryl methyl sites for hydroxylation is 1. The third-order valence-corrected chi connectivity index (χ3v) is 3.24. The fourth-order valence-corrected chi connectivity index (χ4v) is 2.63. The first kappa shape index (κ1) is 10.4. The van der Waals surface area contributed by atoms with E-state index in [0.29, 0.717) is 11.2 Å². The summed E-state index contributed by atoms with van der Waals surface area (Å²) in [5.41, 5.74) is 1.28. The molecule has 0 aliphatic carbocycles. The van der Waals surface area contributed by atoms with Crippen molar-refractivity contribution in [1.82, 2.24) is 4.57 Å². The number of hydrogen-bond donors (Lipinski definition) is 0. The fourth-order valence-electron chi connectivity index (χ4n) is 1.75. The number of rotatable bonds is 1. The van der Waals surface area contributed by atoms with Crippen molar-refractivity contribution in [3.8, 4) is 0 Å². The normalized spacial score (nSPS) is 10.9. The maximum atomic E-state index is 13.0. The van der Waals surface area contributed by atoms with Gasteiger partial charge in [0.25, 0.3) is 0 Å². The Morgan fingerprint density at radius 1 is 1.47 bits per heavy atom. The molecule has 4 heteroatoms. The smallest absolute Gasteiger partial charge is 0.177 e. The number of aromatic nitrogens is 1. The van der Waals surface area contributed by atoms with Crippen molar-refractivity contribution >= 4 is 32.6 Å². The molecule has 15 heavy (non-hydrogen) atoms. The number of Topliss-reactive ketones (excluding diaryl/α,β-unsaturated/α-hetero) is 1. The van der Waals surface area contributed by atoms with Crippen LogP contribution in [-0.2, 0) is 7.05 Å². The van der Waals surface area contributed by atoms with Crippen molar-refractivity contribution in [1.29, 1.82) is 0 Å². The third-order valence-electron chi connectivity index (χ3n) is 2.43. The van der Waals surface area contributed by atoms with Crippen LogP contribution in [0.3, 0.4) is 0 Å². The van der Waals surface area contributed by atoms with Crippen molar-refractivity contribution in [3.05, 3.63) is 34.2 Å². The minimum absolute atomic E-state index is 0.0408. The molecule has 2 aromatic rings. The zero-order valence-corrected chi connectivity index (χ0v) is 9.93. The van der Waals surface area contributed by atoms with Crippen LogP contribution in [-0.4, -0.2) is 10.4 Å².